The second-order valence-corrected chi connectivity index (χ2v) is 8.01. The summed E-state index contributed by atoms with van der Waals surface area (Å²) in [7, 11) is 0. The van der Waals surface area contributed by atoms with Crippen molar-refractivity contribution in [3.8, 4) is 17.0 Å². The third-order valence-corrected chi connectivity index (χ3v) is 5.60. The Morgan fingerprint density at radius 2 is 1.85 bits per heavy atom. The Labute approximate surface area is 196 Å². The summed E-state index contributed by atoms with van der Waals surface area (Å²) >= 11 is 1.43. The number of hydrazone groups is 1. The topological polar surface area (TPSA) is 86.6 Å². The van der Waals surface area contributed by atoms with Crippen LogP contribution in [0.1, 0.15) is 21.5 Å². The van der Waals surface area contributed by atoms with Crippen LogP contribution in [0.2, 0.25) is 0 Å². The Bertz CT molecular complexity index is 1280. The third kappa shape index (κ3) is 5.53. The zero-order valence-electron chi connectivity index (χ0n) is 17.7. The molecule has 6 nitrogen and oxygen atoms in total. The van der Waals surface area contributed by atoms with Gasteiger partial charge in [0.15, 0.2) is 0 Å². The maximum Gasteiger partial charge on any atom is 0.255 e. The number of nitrogens with zero attached hydrogens (tertiary/aromatic N) is 2. The van der Waals surface area contributed by atoms with Crippen molar-refractivity contribution in [2.75, 3.05) is 10.7 Å². The Hall–Kier alpha value is -4.23. The molecule has 33 heavy (non-hydrogen) atoms. The summed E-state index contributed by atoms with van der Waals surface area (Å²) in [6.45, 7) is 3.70. The van der Waals surface area contributed by atoms with Crippen LogP contribution in [-0.4, -0.2) is 22.2 Å². The largest absolute Gasteiger partial charge is 0.507 e. The fourth-order valence-corrected chi connectivity index (χ4v) is 3.84. The summed E-state index contributed by atoms with van der Waals surface area (Å²) in [5, 5.41) is 19.9. The average Bonchev–Trinajstić information content (AvgIpc) is 3.31. The van der Waals surface area contributed by atoms with Crippen LogP contribution in [0.15, 0.2) is 95.9 Å². The lowest BCUT2D eigenvalue weighted by Crippen LogP contribution is -2.11. The molecule has 4 aromatic rings. The number of thiazole rings is 1. The number of phenolic OH excluding ortho intramolecular Hbond substituents is 1. The number of hydrogen-bond acceptors (Lipinski definition) is 6. The molecule has 0 saturated carbocycles. The first-order chi connectivity index (χ1) is 16.1. The van der Waals surface area contributed by atoms with Crippen LogP contribution in [0.5, 0.6) is 5.75 Å². The van der Waals surface area contributed by atoms with Crippen molar-refractivity contribution in [1.29, 1.82) is 0 Å². The highest BCUT2D eigenvalue weighted by Gasteiger charge is 2.08. The summed E-state index contributed by atoms with van der Waals surface area (Å²) in [5.74, 6) is 0.0460. The molecule has 4 rings (SSSR count). The van der Waals surface area contributed by atoms with Crippen LogP contribution in [0.3, 0.4) is 0 Å². The zero-order chi connectivity index (χ0) is 23.0. The number of allylic oxidation sites excluding steroid dienone is 1. The lowest BCUT2D eigenvalue weighted by Gasteiger charge is -2.06. The summed E-state index contributed by atoms with van der Waals surface area (Å²) in [6.07, 6.45) is 3.90. The molecule has 0 radical (unpaired) electrons. The molecule has 7 heteroatoms. The molecule has 0 bridgehead atoms. The number of phenols is 1. The number of amides is 1. The van der Waals surface area contributed by atoms with Gasteiger partial charge in [-0.15, -0.1) is 17.9 Å². The SMILES string of the molecule is C=CCc1cccc(C=NNc2nc(-c3ccc(NC(=O)c4ccccc4)cc3)cs2)c1O. The van der Waals surface area contributed by atoms with Crippen molar-refractivity contribution < 1.29 is 9.90 Å². The first-order valence-corrected chi connectivity index (χ1v) is 11.1. The Kier molecular flexibility index (Phi) is 6.92. The van der Waals surface area contributed by atoms with E-state index < -0.39 is 0 Å². The number of aromatic hydroxyl groups is 1. The Balaban J connectivity index is 1.38. The van der Waals surface area contributed by atoms with E-state index in [2.05, 4.69) is 27.4 Å². The van der Waals surface area contributed by atoms with Gasteiger partial charge in [-0.1, -0.05) is 48.5 Å². The van der Waals surface area contributed by atoms with Gasteiger partial charge in [0.2, 0.25) is 5.13 Å². The number of benzene rings is 3. The average molecular weight is 455 g/mol. The molecule has 3 N–H and O–H groups in total. The monoisotopic (exact) mass is 454 g/mol. The molecule has 0 saturated heterocycles. The standard InChI is InChI=1S/C26H22N4O2S/c1-2-7-19-10-6-11-21(24(19)31)16-27-30-26-29-23(17-33-26)18-12-14-22(15-13-18)28-25(32)20-8-4-3-5-9-20/h2-6,8-17,31H,1,7H2,(H,28,32)(H,29,30). The molecule has 0 aliphatic heterocycles. The number of carbonyl (C=O) groups is 1. The van der Waals surface area contributed by atoms with Gasteiger partial charge < -0.3 is 10.4 Å². The zero-order valence-corrected chi connectivity index (χ0v) is 18.5. The van der Waals surface area contributed by atoms with Gasteiger partial charge >= 0.3 is 0 Å². The quantitative estimate of drug-likeness (QED) is 0.175. The minimum atomic E-state index is -0.151. The van der Waals surface area contributed by atoms with Crippen molar-refractivity contribution in [2.45, 2.75) is 6.42 Å². The van der Waals surface area contributed by atoms with E-state index in [4.69, 9.17) is 0 Å². The number of para-hydroxylation sites is 1. The number of rotatable bonds is 8. The molecule has 1 amide bonds. The van der Waals surface area contributed by atoms with Gasteiger partial charge in [-0.05, 0) is 42.3 Å². The fraction of sp³-hybridized carbons (Fsp3) is 0.0385. The maximum atomic E-state index is 12.3. The molecule has 0 fully saturated rings. The molecule has 0 aliphatic carbocycles. The van der Waals surface area contributed by atoms with E-state index in [0.29, 0.717) is 28.4 Å². The molecule has 0 aliphatic rings. The predicted octanol–water partition coefficient (Wildman–Crippen LogP) is 5.94. The highest BCUT2D eigenvalue weighted by molar-refractivity contribution is 7.14. The summed E-state index contributed by atoms with van der Waals surface area (Å²) in [6, 6.07) is 22.1. The second-order valence-electron chi connectivity index (χ2n) is 7.15. The van der Waals surface area contributed by atoms with Gasteiger partial charge in [0.1, 0.15) is 5.75 Å². The van der Waals surface area contributed by atoms with Gasteiger partial charge in [0, 0.05) is 27.8 Å². The van der Waals surface area contributed by atoms with E-state index in [0.717, 1.165) is 16.8 Å². The van der Waals surface area contributed by atoms with Gasteiger partial charge in [0.25, 0.3) is 5.91 Å². The van der Waals surface area contributed by atoms with E-state index in [1.165, 1.54) is 11.3 Å². The van der Waals surface area contributed by atoms with Gasteiger partial charge in [-0.2, -0.15) is 5.10 Å². The third-order valence-electron chi connectivity index (χ3n) is 4.86. The molecule has 164 valence electrons. The fourth-order valence-electron chi connectivity index (χ4n) is 3.17. The Morgan fingerprint density at radius 1 is 1.06 bits per heavy atom. The minimum Gasteiger partial charge on any atom is -0.507 e. The summed E-state index contributed by atoms with van der Waals surface area (Å²) in [4.78, 5) is 16.8. The second kappa shape index (κ2) is 10.4. The first kappa shape index (κ1) is 22.0. The van der Waals surface area contributed by atoms with E-state index >= 15 is 0 Å². The smallest absolute Gasteiger partial charge is 0.255 e. The summed E-state index contributed by atoms with van der Waals surface area (Å²) in [5.41, 5.74) is 7.37. The van der Waals surface area contributed by atoms with E-state index in [1.807, 2.05) is 60.0 Å². The van der Waals surface area contributed by atoms with Crippen LogP contribution < -0.4 is 10.7 Å². The van der Waals surface area contributed by atoms with Crippen LogP contribution in [0, 0.1) is 0 Å². The molecule has 3 aromatic carbocycles. The molecule has 1 heterocycles. The van der Waals surface area contributed by atoms with Crippen LogP contribution in [-0.2, 0) is 6.42 Å². The molecule has 0 unspecified atom stereocenters. The lowest BCUT2D eigenvalue weighted by atomic mass is 10.1. The number of hydrogen-bond donors (Lipinski definition) is 3. The van der Waals surface area contributed by atoms with Crippen LogP contribution in [0.4, 0.5) is 10.8 Å². The summed E-state index contributed by atoms with van der Waals surface area (Å²) < 4.78 is 0. The number of nitrogens with one attached hydrogen (secondary N) is 2. The van der Waals surface area contributed by atoms with Crippen molar-refractivity contribution in [3.05, 3.63) is 108 Å². The van der Waals surface area contributed by atoms with Crippen LogP contribution >= 0.6 is 11.3 Å². The van der Waals surface area contributed by atoms with Crippen molar-refractivity contribution >= 4 is 34.3 Å². The predicted molar refractivity (Wildman–Crippen MR) is 135 cm³/mol. The molecular formula is C26H22N4O2S. The van der Waals surface area contributed by atoms with Gasteiger partial charge in [-0.3, -0.25) is 10.2 Å². The highest BCUT2D eigenvalue weighted by atomic mass is 32.1. The lowest BCUT2D eigenvalue weighted by molar-refractivity contribution is 0.102. The van der Waals surface area contributed by atoms with Crippen molar-refractivity contribution in [3.63, 3.8) is 0 Å². The minimum absolute atomic E-state index is 0.151. The molecule has 0 atom stereocenters. The normalized spacial score (nSPS) is 10.8. The molecule has 0 spiro atoms. The number of aromatic nitrogens is 1. The number of anilines is 2. The van der Waals surface area contributed by atoms with Gasteiger partial charge in [0.05, 0.1) is 11.9 Å². The van der Waals surface area contributed by atoms with E-state index in [9.17, 15) is 9.90 Å². The van der Waals surface area contributed by atoms with E-state index in [-0.39, 0.29) is 11.7 Å². The number of carbonyl (C=O) groups excluding carboxylic acids is 1. The van der Waals surface area contributed by atoms with E-state index in [1.54, 1.807) is 30.5 Å². The first-order valence-electron chi connectivity index (χ1n) is 10.3. The molecular weight excluding hydrogens is 432 g/mol. The van der Waals surface area contributed by atoms with Gasteiger partial charge in [-0.25, -0.2) is 4.98 Å². The highest BCUT2D eigenvalue weighted by Crippen LogP contribution is 2.26. The Morgan fingerprint density at radius 3 is 2.61 bits per heavy atom. The van der Waals surface area contributed by atoms with Crippen LogP contribution in [0.25, 0.3) is 11.3 Å². The molecule has 1 aromatic heterocycles. The maximum absolute atomic E-state index is 12.3. The van der Waals surface area contributed by atoms with Crippen molar-refractivity contribution in [1.82, 2.24) is 4.98 Å². The van der Waals surface area contributed by atoms with Crippen molar-refractivity contribution in [2.24, 2.45) is 5.10 Å².